The van der Waals surface area contributed by atoms with Gasteiger partial charge in [0.1, 0.15) is 0 Å². The van der Waals surface area contributed by atoms with Crippen molar-refractivity contribution >= 4 is 5.91 Å². The van der Waals surface area contributed by atoms with Gasteiger partial charge in [-0.1, -0.05) is 6.92 Å². The number of rotatable bonds is 7. The van der Waals surface area contributed by atoms with Crippen molar-refractivity contribution in [2.75, 3.05) is 40.4 Å². The lowest BCUT2D eigenvalue weighted by Gasteiger charge is -2.45. The van der Waals surface area contributed by atoms with Gasteiger partial charge in [0.15, 0.2) is 0 Å². The molecule has 1 amide bonds. The van der Waals surface area contributed by atoms with Gasteiger partial charge in [0, 0.05) is 25.7 Å². The molecule has 0 heterocycles. The number of nitrogens with two attached hydrogens (primary N) is 1. The predicted molar refractivity (Wildman–Crippen MR) is 76.9 cm³/mol. The van der Waals surface area contributed by atoms with E-state index < -0.39 is 0 Å². The molecule has 0 spiro atoms. The normalized spacial score (nSPS) is 27.5. The zero-order valence-corrected chi connectivity index (χ0v) is 12.6. The Kier molecular flexibility index (Phi) is 6.75. The van der Waals surface area contributed by atoms with Crippen LogP contribution in [0.1, 0.15) is 32.6 Å². The standard InChI is InChI=1S/C14H29N3O2/c1-12-4-6-14(11-15,7-5-12)17(2)10-13(18)16-8-9-19-3/h12H,4-11,15H2,1-3H3,(H,16,18). The lowest BCUT2D eigenvalue weighted by atomic mass is 9.76. The lowest BCUT2D eigenvalue weighted by Crippen LogP contribution is -2.56. The monoisotopic (exact) mass is 271 g/mol. The molecular formula is C14H29N3O2. The molecule has 5 heteroatoms. The van der Waals surface area contributed by atoms with Gasteiger partial charge in [-0.15, -0.1) is 0 Å². The molecule has 1 fully saturated rings. The predicted octanol–water partition coefficient (Wildman–Crippen LogP) is 0.588. The van der Waals surface area contributed by atoms with Gasteiger partial charge in [0.25, 0.3) is 0 Å². The first-order valence-corrected chi connectivity index (χ1v) is 7.21. The number of amides is 1. The topological polar surface area (TPSA) is 67.6 Å². The Labute approximate surface area is 116 Å². The quantitative estimate of drug-likeness (QED) is 0.665. The fraction of sp³-hybridized carbons (Fsp3) is 0.929. The number of nitrogens with one attached hydrogen (secondary N) is 1. The second-order valence-electron chi connectivity index (χ2n) is 5.81. The van der Waals surface area contributed by atoms with E-state index in [-0.39, 0.29) is 11.4 Å². The van der Waals surface area contributed by atoms with E-state index in [1.165, 1.54) is 12.8 Å². The molecule has 1 rings (SSSR count). The summed E-state index contributed by atoms with van der Waals surface area (Å²) in [5, 5.41) is 2.86. The van der Waals surface area contributed by atoms with Crippen LogP contribution >= 0.6 is 0 Å². The lowest BCUT2D eigenvalue weighted by molar-refractivity contribution is -0.124. The van der Waals surface area contributed by atoms with Crippen LogP contribution in [0.2, 0.25) is 0 Å². The number of methoxy groups -OCH3 is 1. The van der Waals surface area contributed by atoms with Gasteiger partial charge in [-0.3, -0.25) is 9.69 Å². The highest BCUT2D eigenvalue weighted by Crippen LogP contribution is 2.34. The number of ether oxygens (including phenoxy) is 1. The molecule has 1 aliphatic rings. The fourth-order valence-electron chi connectivity index (χ4n) is 2.77. The van der Waals surface area contributed by atoms with Crippen LogP contribution in [-0.2, 0) is 9.53 Å². The minimum Gasteiger partial charge on any atom is -0.383 e. The minimum atomic E-state index is 0.00507. The largest absolute Gasteiger partial charge is 0.383 e. The average Bonchev–Trinajstić information content (AvgIpc) is 2.40. The van der Waals surface area contributed by atoms with E-state index in [1.54, 1.807) is 7.11 Å². The summed E-state index contributed by atoms with van der Waals surface area (Å²) in [5.41, 5.74) is 5.99. The summed E-state index contributed by atoms with van der Waals surface area (Å²) in [5.74, 6) is 0.828. The van der Waals surface area contributed by atoms with Gasteiger partial charge in [-0.25, -0.2) is 0 Å². The molecule has 0 unspecified atom stereocenters. The molecule has 3 N–H and O–H groups in total. The maximum atomic E-state index is 11.8. The molecule has 0 aromatic heterocycles. The smallest absolute Gasteiger partial charge is 0.234 e. The van der Waals surface area contributed by atoms with E-state index in [9.17, 15) is 4.79 Å². The Morgan fingerprint density at radius 1 is 1.47 bits per heavy atom. The number of hydrogen-bond acceptors (Lipinski definition) is 4. The van der Waals surface area contributed by atoms with Crippen LogP contribution in [0, 0.1) is 5.92 Å². The first-order valence-electron chi connectivity index (χ1n) is 7.21. The molecule has 0 saturated heterocycles. The third-order valence-corrected chi connectivity index (χ3v) is 4.40. The molecule has 0 aromatic rings. The number of carbonyl (C=O) groups is 1. The molecule has 1 aliphatic carbocycles. The summed E-state index contributed by atoms with van der Waals surface area (Å²) in [6.45, 7) is 4.44. The molecule has 0 aliphatic heterocycles. The average molecular weight is 271 g/mol. The molecular weight excluding hydrogens is 242 g/mol. The van der Waals surface area contributed by atoms with Crippen molar-refractivity contribution in [1.82, 2.24) is 10.2 Å². The fourth-order valence-corrected chi connectivity index (χ4v) is 2.77. The Morgan fingerprint density at radius 3 is 2.63 bits per heavy atom. The van der Waals surface area contributed by atoms with E-state index >= 15 is 0 Å². The maximum absolute atomic E-state index is 11.8. The van der Waals surface area contributed by atoms with Gasteiger partial charge in [0.2, 0.25) is 5.91 Å². The van der Waals surface area contributed by atoms with Crippen molar-refractivity contribution in [3.63, 3.8) is 0 Å². The maximum Gasteiger partial charge on any atom is 0.234 e. The summed E-state index contributed by atoms with van der Waals surface area (Å²) in [4.78, 5) is 14.0. The summed E-state index contributed by atoms with van der Waals surface area (Å²) in [6, 6.07) is 0. The van der Waals surface area contributed by atoms with Crippen molar-refractivity contribution in [3.8, 4) is 0 Å². The van der Waals surface area contributed by atoms with E-state index in [0.29, 0.717) is 26.2 Å². The van der Waals surface area contributed by atoms with Gasteiger partial charge >= 0.3 is 0 Å². The zero-order valence-electron chi connectivity index (χ0n) is 12.6. The molecule has 0 bridgehead atoms. The van der Waals surface area contributed by atoms with Gasteiger partial charge < -0.3 is 15.8 Å². The number of likely N-dealkylation sites (N-methyl/N-ethyl adjacent to an activating group) is 1. The Bertz CT molecular complexity index is 276. The van der Waals surface area contributed by atoms with Crippen molar-refractivity contribution in [2.45, 2.75) is 38.1 Å². The molecule has 112 valence electrons. The van der Waals surface area contributed by atoms with E-state index in [0.717, 1.165) is 18.8 Å². The third kappa shape index (κ3) is 4.75. The Morgan fingerprint density at radius 2 is 2.11 bits per heavy atom. The van der Waals surface area contributed by atoms with E-state index in [2.05, 4.69) is 17.1 Å². The van der Waals surface area contributed by atoms with Crippen LogP contribution in [0.5, 0.6) is 0 Å². The number of carbonyl (C=O) groups excluding carboxylic acids is 1. The minimum absolute atomic E-state index is 0.00507. The Hall–Kier alpha value is -0.650. The van der Waals surface area contributed by atoms with Crippen molar-refractivity contribution in [1.29, 1.82) is 0 Å². The molecule has 0 atom stereocenters. The van der Waals surface area contributed by atoms with Crippen LogP contribution in [0.4, 0.5) is 0 Å². The van der Waals surface area contributed by atoms with E-state index in [1.807, 2.05) is 7.05 Å². The number of nitrogens with zero attached hydrogens (tertiary/aromatic N) is 1. The molecule has 1 saturated carbocycles. The molecule has 5 nitrogen and oxygen atoms in total. The molecule has 0 radical (unpaired) electrons. The van der Waals surface area contributed by atoms with Crippen molar-refractivity contribution < 1.29 is 9.53 Å². The summed E-state index contributed by atoms with van der Waals surface area (Å²) in [7, 11) is 3.64. The summed E-state index contributed by atoms with van der Waals surface area (Å²) in [6.07, 6.45) is 4.58. The first-order chi connectivity index (χ1) is 9.04. The zero-order chi connectivity index (χ0) is 14.3. The van der Waals surface area contributed by atoms with E-state index in [4.69, 9.17) is 10.5 Å². The van der Waals surface area contributed by atoms with Crippen LogP contribution in [0.3, 0.4) is 0 Å². The Balaban J connectivity index is 2.45. The summed E-state index contributed by atoms with van der Waals surface area (Å²) >= 11 is 0. The van der Waals surface area contributed by atoms with Crippen LogP contribution < -0.4 is 11.1 Å². The SMILES string of the molecule is COCCNC(=O)CN(C)C1(CN)CCC(C)CC1. The highest BCUT2D eigenvalue weighted by molar-refractivity contribution is 5.78. The van der Waals surface area contributed by atoms with Gasteiger partial charge in [-0.05, 0) is 38.6 Å². The van der Waals surface area contributed by atoms with Crippen LogP contribution in [0.25, 0.3) is 0 Å². The van der Waals surface area contributed by atoms with Crippen LogP contribution in [0.15, 0.2) is 0 Å². The molecule has 19 heavy (non-hydrogen) atoms. The van der Waals surface area contributed by atoms with Gasteiger partial charge in [0.05, 0.1) is 13.2 Å². The highest BCUT2D eigenvalue weighted by Gasteiger charge is 2.37. The second-order valence-corrected chi connectivity index (χ2v) is 5.81. The first kappa shape index (κ1) is 16.4. The van der Waals surface area contributed by atoms with Crippen molar-refractivity contribution in [3.05, 3.63) is 0 Å². The second kappa shape index (κ2) is 7.82. The third-order valence-electron chi connectivity index (χ3n) is 4.40. The molecule has 0 aromatic carbocycles. The highest BCUT2D eigenvalue weighted by atomic mass is 16.5. The van der Waals surface area contributed by atoms with Gasteiger partial charge in [-0.2, -0.15) is 0 Å². The number of hydrogen-bond donors (Lipinski definition) is 2. The van der Waals surface area contributed by atoms with Crippen LogP contribution in [-0.4, -0.2) is 56.7 Å². The summed E-state index contributed by atoms with van der Waals surface area (Å²) < 4.78 is 4.92. The van der Waals surface area contributed by atoms with Crippen molar-refractivity contribution in [2.24, 2.45) is 11.7 Å².